The molecule has 1 saturated heterocycles. The number of piperidine rings is 1. The molecule has 3 rings (SSSR count). The number of nitrogens with zero attached hydrogens (tertiary/aromatic N) is 1. The Bertz CT molecular complexity index is 918. The summed E-state index contributed by atoms with van der Waals surface area (Å²) in [4.78, 5) is 17.1. The second-order valence-electron chi connectivity index (χ2n) is 6.71. The minimum absolute atomic E-state index is 0.356. The topological polar surface area (TPSA) is 69.6 Å². The molecule has 1 aliphatic heterocycles. The molecule has 0 saturated carbocycles. The monoisotopic (exact) mass is 448 g/mol. The van der Waals surface area contributed by atoms with Gasteiger partial charge in [-0.3, -0.25) is 19.1 Å². The van der Waals surface area contributed by atoms with Gasteiger partial charge in [-0.2, -0.15) is 0 Å². The van der Waals surface area contributed by atoms with E-state index < -0.39 is 21.5 Å². The fourth-order valence-electron chi connectivity index (χ4n) is 3.30. The first-order chi connectivity index (χ1) is 14.0. The molecule has 5 nitrogen and oxygen atoms in total. The van der Waals surface area contributed by atoms with Crippen LogP contribution in [0.4, 0.5) is 0 Å². The van der Waals surface area contributed by atoms with E-state index >= 15 is 0 Å². The molecular formula is C21H21ClN2O3S2. The van der Waals surface area contributed by atoms with Gasteiger partial charge in [0.15, 0.2) is 0 Å². The van der Waals surface area contributed by atoms with Crippen LogP contribution in [-0.2, 0) is 15.6 Å². The highest BCUT2D eigenvalue weighted by atomic mass is 35.5. The number of carbonyl (C=O) groups is 1. The molecule has 0 spiro atoms. The first-order valence-corrected chi connectivity index (χ1v) is 11.4. The van der Waals surface area contributed by atoms with Crippen molar-refractivity contribution in [2.75, 3.05) is 19.6 Å². The third kappa shape index (κ3) is 5.03. The number of hydrogen-bond donors (Lipinski definition) is 2. The summed E-state index contributed by atoms with van der Waals surface area (Å²) in [5.74, 6) is 1.97. The van der Waals surface area contributed by atoms with E-state index in [1.54, 1.807) is 29.4 Å². The lowest BCUT2D eigenvalue weighted by Gasteiger charge is -2.38. The van der Waals surface area contributed by atoms with Crippen molar-refractivity contribution in [2.24, 2.45) is 0 Å². The molecule has 0 bridgehead atoms. The summed E-state index contributed by atoms with van der Waals surface area (Å²) in [7, 11) is -1.61. The summed E-state index contributed by atoms with van der Waals surface area (Å²) in [5.41, 5.74) is 1.72. The molecule has 1 aliphatic rings. The van der Waals surface area contributed by atoms with Crippen molar-refractivity contribution in [3.63, 3.8) is 0 Å². The summed E-state index contributed by atoms with van der Waals surface area (Å²) in [6.07, 6.45) is 6.07. The minimum Gasteiger partial charge on any atom is -0.292 e. The maximum Gasteiger partial charge on any atom is 0.262 e. The molecule has 1 amide bonds. The lowest BCUT2D eigenvalue weighted by Crippen LogP contribution is -2.55. The van der Waals surface area contributed by atoms with Crippen molar-refractivity contribution in [2.45, 2.75) is 32.3 Å². The SMILES string of the molecule is C#CCN1CCC(C(=O)NO)(S(=O)c2ccc(Sc3ccc(Cl)cc3)cc2)CC1. The van der Waals surface area contributed by atoms with Crippen molar-refractivity contribution in [3.8, 4) is 12.3 Å². The first-order valence-electron chi connectivity index (χ1n) is 9.04. The standard InChI is InChI=1S/C21H21ClN2O3S2/c1-2-13-24-14-11-21(12-15-24,20(25)23-26)29(27)19-9-7-18(8-10-19)28-17-5-3-16(22)4-6-17/h1,3-10,26H,11-15H2,(H,23,25). The average molecular weight is 449 g/mol. The van der Waals surface area contributed by atoms with Gasteiger partial charge in [0.05, 0.1) is 17.3 Å². The van der Waals surface area contributed by atoms with E-state index in [0.29, 0.717) is 42.4 Å². The molecule has 2 aromatic rings. The predicted molar refractivity (Wildman–Crippen MR) is 116 cm³/mol. The Morgan fingerprint density at radius 2 is 1.72 bits per heavy atom. The molecule has 2 aromatic carbocycles. The lowest BCUT2D eigenvalue weighted by atomic mass is 9.95. The second-order valence-corrected chi connectivity index (χ2v) is 10.1. The van der Waals surface area contributed by atoms with Gasteiger partial charge in [0, 0.05) is 32.8 Å². The highest BCUT2D eigenvalue weighted by molar-refractivity contribution is 7.99. The molecule has 0 aromatic heterocycles. The van der Waals surface area contributed by atoms with Crippen molar-refractivity contribution in [3.05, 3.63) is 53.6 Å². The number of terminal acetylenes is 1. The van der Waals surface area contributed by atoms with Gasteiger partial charge < -0.3 is 0 Å². The highest BCUT2D eigenvalue weighted by Crippen LogP contribution is 2.34. The van der Waals surface area contributed by atoms with Crippen LogP contribution < -0.4 is 5.48 Å². The fraction of sp³-hybridized carbons (Fsp3) is 0.286. The Balaban J connectivity index is 1.77. The molecule has 2 N–H and O–H groups in total. The average Bonchev–Trinajstić information content (AvgIpc) is 2.76. The highest BCUT2D eigenvalue weighted by Gasteiger charge is 2.47. The number of halogens is 1. The van der Waals surface area contributed by atoms with E-state index in [9.17, 15) is 14.2 Å². The Hall–Kier alpha value is -1.82. The van der Waals surface area contributed by atoms with E-state index in [1.807, 2.05) is 41.3 Å². The fourth-order valence-corrected chi connectivity index (χ4v) is 5.84. The maximum absolute atomic E-state index is 13.4. The van der Waals surface area contributed by atoms with Gasteiger partial charge in [-0.05, 0) is 61.4 Å². The normalized spacial score (nSPS) is 17.3. The summed E-state index contributed by atoms with van der Waals surface area (Å²) in [5, 5.41) is 9.93. The van der Waals surface area contributed by atoms with Gasteiger partial charge in [0.2, 0.25) is 0 Å². The number of hydrogen-bond acceptors (Lipinski definition) is 5. The van der Waals surface area contributed by atoms with Crippen LogP contribution in [0.15, 0.2) is 63.2 Å². The lowest BCUT2D eigenvalue weighted by molar-refractivity contribution is -0.133. The van der Waals surface area contributed by atoms with Crippen LogP contribution in [0.3, 0.4) is 0 Å². The van der Waals surface area contributed by atoms with Gasteiger partial charge in [-0.1, -0.05) is 29.3 Å². The summed E-state index contributed by atoms with van der Waals surface area (Å²) in [6, 6.07) is 14.8. The molecular weight excluding hydrogens is 428 g/mol. The third-order valence-electron chi connectivity index (χ3n) is 4.94. The van der Waals surface area contributed by atoms with Gasteiger partial charge in [0.1, 0.15) is 4.75 Å². The molecule has 1 heterocycles. The van der Waals surface area contributed by atoms with Crippen LogP contribution >= 0.6 is 23.4 Å². The molecule has 8 heteroatoms. The molecule has 0 radical (unpaired) electrons. The van der Waals surface area contributed by atoms with Gasteiger partial charge >= 0.3 is 0 Å². The number of likely N-dealkylation sites (tertiary alicyclic amines) is 1. The molecule has 29 heavy (non-hydrogen) atoms. The minimum atomic E-state index is -1.61. The zero-order chi connectivity index (χ0) is 20.9. The van der Waals surface area contributed by atoms with Crippen LogP contribution in [0.5, 0.6) is 0 Å². The van der Waals surface area contributed by atoms with Crippen molar-refractivity contribution < 1.29 is 14.2 Å². The molecule has 1 atom stereocenters. The molecule has 1 unspecified atom stereocenters. The Morgan fingerprint density at radius 1 is 1.17 bits per heavy atom. The van der Waals surface area contributed by atoms with Gasteiger partial charge in [-0.25, -0.2) is 5.48 Å². The third-order valence-corrected chi connectivity index (χ3v) is 8.21. The zero-order valence-electron chi connectivity index (χ0n) is 15.6. The quantitative estimate of drug-likeness (QED) is 0.401. The largest absolute Gasteiger partial charge is 0.292 e. The Labute approximate surface area is 182 Å². The molecule has 1 fully saturated rings. The molecule has 152 valence electrons. The van der Waals surface area contributed by atoms with Crippen LogP contribution in [0.25, 0.3) is 0 Å². The zero-order valence-corrected chi connectivity index (χ0v) is 18.0. The number of carbonyl (C=O) groups excluding carboxylic acids is 1. The first kappa shape index (κ1) is 21.9. The van der Waals surface area contributed by atoms with Crippen molar-refractivity contribution >= 4 is 40.1 Å². The molecule has 0 aliphatic carbocycles. The van der Waals surface area contributed by atoms with E-state index in [-0.39, 0.29) is 0 Å². The predicted octanol–water partition coefficient (Wildman–Crippen LogP) is 3.57. The number of benzene rings is 2. The number of rotatable bonds is 6. The van der Waals surface area contributed by atoms with Crippen LogP contribution in [-0.4, -0.2) is 44.6 Å². The van der Waals surface area contributed by atoms with Crippen molar-refractivity contribution in [1.82, 2.24) is 10.4 Å². The number of amides is 1. The Morgan fingerprint density at radius 3 is 2.24 bits per heavy atom. The van der Waals surface area contributed by atoms with E-state index in [1.165, 1.54) is 0 Å². The second kappa shape index (κ2) is 9.79. The number of hydroxylamine groups is 1. The maximum atomic E-state index is 13.4. The summed E-state index contributed by atoms with van der Waals surface area (Å²) in [6.45, 7) is 1.59. The van der Waals surface area contributed by atoms with Crippen LogP contribution in [0, 0.1) is 12.3 Å². The summed E-state index contributed by atoms with van der Waals surface area (Å²) >= 11 is 7.48. The van der Waals surface area contributed by atoms with Crippen LogP contribution in [0.2, 0.25) is 5.02 Å². The number of nitrogens with one attached hydrogen (secondary N) is 1. The van der Waals surface area contributed by atoms with Crippen LogP contribution in [0.1, 0.15) is 12.8 Å². The van der Waals surface area contributed by atoms with E-state index in [2.05, 4.69) is 5.92 Å². The van der Waals surface area contributed by atoms with E-state index in [4.69, 9.17) is 18.0 Å². The summed E-state index contributed by atoms with van der Waals surface area (Å²) < 4.78 is 12.2. The Kier molecular flexibility index (Phi) is 7.38. The van der Waals surface area contributed by atoms with Crippen molar-refractivity contribution in [1.29, 1.82) is 0 Å². The van der Waals surface area contributed by atoms with E-state index in [0.717, 1.165) is 9.79 Å². The van der Waals surface area contributed by atoms with Gasteiger partial charge in [-0.15, -0.1) is 6.42 Å². The smallest absolute Gasteiger partial charge is 0.262 e. The van der Waals surface area contributed by atoms with Gasteiger partial charge in [0.25, 0.3) is 5.91 Å².